The molecular formula is C17H15ClFNO2. The van der Waals surface area contributed by atoms with E-state index in [4.69, 9.17) is 16.3 Å². The summed E-state index contributed by atoms with van der Waals surface area (Å²) in [5.74, 6) is -0.788. The molecule has 0 atom stereocenters. The van der Waals surface area contributed by atoms with Gasteiger partial charge in [0, 0.05) is 18.1 Å². The van der Waals surface area contributed by atoms with Crippen molar-refractivity contribution in [3.05, 3.63) is 70.5 Å². The van der Waals surface area contributed by atoms with Gasteiger partial charge in [-0.1, -0.05) is 41.9 Å². The fourth-order valence-electron chi connectivity index (χ4n) is 2.34. The predicted molar refractivity (Wildman–Crippen MR) is 82.3 cm³/mol. The molecule has 1 aliphatic rings. The summed E-state index contributed by atoms with van der Waals surface area (Å²) >= 11 is 6.06. The molecule has 1 aliphatic heterocycles. The van der Waals surface area contributed by atoms with Gasteiger partial charge >= 0.3 is 0 Å². The monoisotopic (exact) mass is 319 g/mol. The van der Waals surface area contributed by atoms with Gasteiger partial charge in [0.15, 0.2) is 0 Å². The van der Waals surface area contributed by atoms with Crippen molar-refractivity contribution < 1.29 is 13.9 Å². The molecule has 5 heteroatoms. The van der Waals surface area contributed by atoms with Crippen LogP contribution in [0.5, 0.6) is 0 Å². The van der Waals surface area contributed by atoms with Crippen LogP contribution < -0.4 is 0 Å². The topological polar surface area (TPSA) is 29.5 Å². The third-order valence-corrected chi connectivity index (χ3v) is 4.04. The van der Waals surface area contributed by atoms with Crippen molar-refractivity contribution in [3.8, 4) is 0 Å². The van der Waals surface area contributed by atoms with Crippen molar-refractivity contribution in [1.82, 2.24) is 4.90 Å². The molecule has 0 spiro atoms. The number of hydrogen-bond acceptors (Lipinski definition) is 2. The molecule has 22 heavy (non-hydrogen) atoms. The van der Waals surface area contributed by atoms with Gasteiger partial charge in [0.1, 0.15) is 5.82 Å². The second-order valence-electron chi connectivity index (χ2n) is 5.21. The Balaban J connectivity index is 1.51. The van der Waals surface area contributed by atoms with Crippen molar-refractivity contribution in [2.24, 2.45) is 0 Å². The molecule has 0 saturated carbocycles. The van der Waals surface area contributed by atoms with E-state index in [1.165, 1.54) is 12.1 Å². The molecular weight excluding hydrogens is 305 g/mol. The molecule has 1 heterocycles. The Labute approximate surface area is 133 Å². The lowest BCUT2D eigenvalue weighted by molar-refractivity contribution is -0.0504. The normalized spacial score (nSPS) is 14.7. The Morgan fingerprint density at radius 1 is 1.18 bits per heavy atom. The summed E-state index contributed by atoms with van der Waals surface area (Å²) in [6.07, 6.45) is -0.0352. The first-order valence-electron chi connectivity index (χ1n) is 7.04. The lowest BCUT2D eigenvalue weighted by Gasteiger charge is -2.39. The van der Waals surface area contributed by atoms with Crippen LogP contribution in [-0.4, -0.2) is 30.0 Å². The highest BCUT2D eigenvalue weighted by Crippen LogP contribution is 2.21. The number of ether oxygens (including phenoxy) is 1. The molecule has 0 unspecified atom stereocenters. The zero-order valence-electron chi connectivity index (χ0n) is 11.8. The smallest absolute Gasteiger partial charge is 0.257 e. The molecule has 0 bridgehead atoms. The second-order valence-corrected chi connectivity index (χ2v) is 5.62. The molecule has 1 saturated heterocycles. The quantitative estimate of drug-likeness (QED) is 0.863. The first-order valence-corrected chi connectivity index (χ1v) is 7.42. The van der Waals surface area contributed by atoms with Crippen molar-refractivity contribution in [3.63, 3.8) is 0 Å². The average molecular weight is 320 g/mol. The molecule has 0 N–H and O–H groups in total. The summed E-state index contributed by atoms with van der Waals surface area (Å²) in [6.45, 7) is 1.35. The number of carbonyl (C=O) groups excluding carboxylic acids is 1. The van der Waals surface area contributed by atoms with Crippen LogP contribution in [-0.2, 0) is 11.3 Å². The molecule has 2 aromatic rings. The summed E-state index contributed by atoms with van der Waals surface area (Å²) < 4.78 is 19.3. The van der Waals surface area contributed by atoms with Gasteiger partial charge in [-0.15, -0.1) is 0 Å². The van der Waals surface area contributed by atoms with Crippen LogP contribution in [0.15, 0.2) is 48.5 Å². The van der Waals surface area contributed by atoms with E-state index in [1.54, 1.807) is 17.0 Å². The van der Waals surface area contributed by atoms with Gasteiger partial charge in [0.25, 0.3) is 5.91 Å². The number of hydrogen-bond donors (Lipinski definition) is 0. The van der Waals surface area contributed by atoms with Crippen LogP contribution in [0.1, 0.15) is 15.9 Å². The maximum atomic E-state index is 13.6. The average Bonchev–Trinajstić information content (AvgIpc) is 2.47. The third kappa shape index (κ3) is 3.13. The maximum Gasteiger partial charge on any atom is 0.257 e. The SMILES string of the molecule is O=C(c1ccccc1F)N1CC(OCc2ccccc2Cl)C1. The zero-order valence-corrected chi connectivity index (χ0v) is 12.6. The van der Waals surface area contributed by atoms with E-state index in [2.05, 4.69) is 0 Å². The molecule has 1 amide bonds. The highest BCUT2D eigenvalue weighted by molar-refractivity contribution is 6.31. The van der Waals surface area contributed by atoms with E-state index in [0.29, 0.717) is 24.7 Å². The predicted octanol–water partition coefficient (Wildman–Crippen LogP) is 3.52. The Morgan fingerprint density at radius 2 is 1.86 bits per heavy atom. The first kappa shape index (κ1) is 15.0. The third-order valence-electron chi connectivity index (χ3n) is 3.67. The van der Waals surface area contributed by atoms with Crippen molar-refractivity contribution in [1.29, 1.82) is 0 Å². The van der Waals surface area contributed by atoms with Gasteiger partial charge in [-0.05, 0) is 23.8 Å². The summed E-state index contributed by atoms with van der Waals surface area (Å²) in [7, 11) is 0. The minimum atomic E-state index is -0.493. The molecule has 2 aromatic carbocycles. The van der Waals surface area contributed by atoms with E-state index in [9.17, 15) is 9.18 Å². The number of likely N-dealkylation sites (tertiary alicyclic amines) is 1. The summed E-state index contributed by atoms with van der Waals surface area (Å²) in [4.78, 5) is 13.7. The minimum Gasteiger partial charge on any atom is -0.370 e. The Hall–Kier alpha value is -1.91. The summed E-state index contributed by atoms with van der Waals surface area (Å²) in [6, 6.07) is 13.5. The fourth-order valence-corrected chi connectivity index (χ4v) is 2.53. The number of amides is 1. The summed E-state index contributed by atoms with van der Waals surface area (Å²) in [5, 5.41) is 0.668. The van der Waals surface area contributed by atoms with Crippen LogP contribution in [0.3, 0.4) is 0 Å². The van der Waals surface area contributed by atoms with Crippen LogP contribution in [0.4, 0.5) is 4.39 Å². The number of rotatable bonds is 4. The van der Waals surface area contributed by atoms with Gasteiger partial charge < -0.3 is 9.64 Å². The van der Waals surface area contributed by atoms with Crippen LogP contribution in [0.2, 0.25) is 5.02 Å². The lowest BCUT2D eigenvalue weighted by atomic mass is 10.1. The lowest BCUT2D eigenvalue weighted by Crippen LogP contribution is -2.54. The Kier molecular flexibility index (Phi) is 4.41. The molecule has 3 rings (SSSR count). The zero-order chi connectivity index (χ0) is 15.5. The number of carbonyl (C=O) groups is 1. The van der Waals surface area contributed by atoms with Crippen molar-refractivity contribution in [2.45, 2.75) is 12.7 Å². The highest BCUT2D eigenvalue weighted by atomic mass is 35.5. The molecule has 0 radical (unpaired) electrons. The number of halogens is 2. The van der Waals surface area contributed by atoms with E-state index in [0.717, 1.165) is 5.56 Å². The number of nitrogens with zero attached hydrogens (tertiary/aromatic N) is 1. The maximum absolute atomic E-state index is 13.6. The second kappa shape index (κ2) is 6.46. The van der Waals surface area contributed by atoms with Gasteiger partial charge in [-0.2, -0.15) is 0 Å². The Morgan fingerprint density at radius 3 is 2.59 bits per heavy atom. The van der Waals surface area contributed by atoms with E-state index < -0.39 is 5.82 Å². The van der Waals surface area contributed by atoms with E-state index in [-0.39, 0.29) is 17.6 Å². The van der Waals surface area contributed by atoms with Crippen molar-refractivity contribution in [2.75, 3.05) is 13.1 Å². The largest absolute Gasteiger partial charge is 0.370 e. The Bertz CT molecular complexity index is 686. The van der Waals surface area contributed by atoms with Crippen molar-refractivity contribution >= 4 is 17.5 Å². The van der Waals surface area contributed by atoms with Crippen LogP contribution in [0.25, 0.3) is 0 Å². The molecule has 1 fully saturated rings. The van der Waals surface area contributed by atoms with Gasteiger partial charge in [0.2, 0.25) is 0 Å². The van der Waals surface area contributed by atoms with Gasteiger partial charge in [-0.25, -0.2) is 4.39 Å². The van der Waals surface area contributed by atoms with Crippen LogP contribution >= 0.6 is 11.6 Å². The fraction of sp³-hybridized carbons (Fsp3) is 0.235. The number of benzene rings is 2. The minimum absolute atomic E-state index is 0.0352. The highest BCUT2D eigenvalue weighted by Gasteiger charge is 2.32. The van der Waals surface area contributed by atoms with Gasteiger partial charge in [0.05, 0.1) is 18.3 Å². The molecule has 0 aromatic heterocycles. The summed E-state index contributed by atoms with van der Waals surface area (Å²) in [5.41, 5.74) is 1.02. The van der Waals surface area contributed by atoms with Crippen LogP contribution in [0, 0.1) is 5.82 Å². The molecule has 3 nitrogen and oxygen atoms in total. The van der Waals surface area contributed by atoms with E-state index >= 15 is 0 Å². The van der Waals surface area contributed by atoms with Gasteiger partial charge in [-0.3, -0.25) is 4.79 Å². The standard InChI is InChI=1S/C17H15ClFNO2/c18-15-7-3-1-5-12(15)11-22-13-9-20(10-13)17(21)14-6-2-4-8-16(14)19/h1-8,13H,9-11H2. The first-order chi connectivity index (χ1) is 10.6. The van der Waals surface area contributed by atoms with E-state index in [1.807, 2.05) is 24.3 Å². The molecule has 0 aliphatic carbocycles. The molecule has 114 valence electrons.